The Hall–Kier alpha value is -1.85. The molecule has 2 aliphatic heterocycles. The van der Waals surface area contributed by atoms with Gasteiger partial charge in [0.15, 0.2) is 0 Å². The van der Waals surface area contributed by atoms with Crippen LogP contribution in [0.4, 0.5) is 0 Å². The van der Waals surface area contributed by atoms with Crippen LogP contribution in [0.25, 0.3) is 0 Å². The van der Waals surface area contributed by atoms with E-state index in [2.05, 4.69) is 33.2 Å². The van der Waals surface area contributed by atoms with E-state index in [1.54, 1.807) is 13.0 Å². The van der Waals surface area contributed by atoms with Crippen LogP contribution in [0.15, 0.2) is 22.5 Å². The standard InChI is InChI=1S/C21H28N4O4S3/c1-12(2)17-19(27)29-13(6-4-5-7-30)8-15(26)22-9-16-23-14(10-31-16)18-25-21(3,11-32-18)20(28)24-17/h4,6,10,12-13,17,30H,5,7-9,11H2,1-3H3,(H,22,26)(H,24,28)/b6-4+. The Morgan fingerprint density at radius 2 is 2.16 bits per heavy atom. The van der Waals surface area contributed by atoms with Crippen molar-refractivity contribution in [3.8, 4) is 0 Å². The molecule has 0 fully saturated rings. The van der Waals surface area contributed by atoms with Gasteiger partial charge < -0.3 is 15.4 Å². The molecule has 0 spiro atoms. The Kier molecular flexibility index (Phi) is 8.40. The molecule has 3 rings (SSSR count). The number of fused-ring (bicyclic) bond motifs is 4. The molecule has 3 atom stereocenters. The van der Waals surface area contributed by atoms with Gasteiger partial charge in [0.2, 0.25) is 11.8 Å². The smallest absolute Gasteiger partial charge is 0.329 e. The van der Waals surface area contributed by atoms with Crippen molar-refractivity contribution in [3.05, 3.63) is 28.2 Å². The fourth-order valence-electron chi connectivity index (χ4n) is 3.15. The Labute approximate surface area is 201 Å². The van der Waals surface area contributed by atoms with Crippen LogP contribution in [0.3, 0.4) is 0 Å². The molecule has 174 valence electrons. The monoisotopic (exact) mass is 496 g/mol. The number of carbonyl (C=O) groups is 3. The Bertz CT molecular complexity index is 930. The van der Waals surface area contributed by atoms with Gasteiger partial charge >= 0.3 is 5.97 Å². The van der Waals surface area contributed by atoms with E-state index in [4.69, 9.17) is 4.74 Å². The topological polar surface area (TPSA) is 110 Å². The SMILES string of the molecule is CC(C)C1NC(=O)C2(C)CSC(=N2)c2csc(n2)CNC(=O)CC(/C=C/CCS)OC1=O. The molecule has 1 aromatic rings. The molecule has 11 heteroatoms. The fourth-order valence-corrected chi connectivity index (χ4v) is 5.23. The quantitative estimate of drug-likeness (QED) is 0.335. The second kappa shape index (κ2) is 10.8. The summed E-state index contributed by atoms with van der Waals surface area (Å²) in [7, 11) is 0. The average Bonchev–Trinajstić information content (AvgIpc) is 3.37. The van der Waals surface area contributed by atoms with E-state index >= 15 is 0 Å². The number of aromatic nitrogens is 1. The average molecular weight is 497 g/mol. The van der Waals surface area contributed by atoms with E-state index in [0.29, 0.717) is 28.7 Å². The lowest BCUT2D eigenvalue weighted by Crippen LogP contribution is -2.53. The van der Waals surface area contributed by atoms with Gasteiger partial charge in [0, 0.05) is 11.1 Å². The van der Waals surface area contributed by atoms with Crippen molar-refractivity contribution in [2.75, 3.05) is 11.5 Å². The highest BCUT2D eigenvalue weighted by Gasteiger charge is 2.41. The van der Waals surface area contributed by atoms with Crippen molar-refractivity contribution in [1.29, 1.82) is 0 Å². The van der Waals surface area contributed by atoms with E-state index < -0.39 is 23.7 Å². The maximum Gasteiger partial charge on any atom is 0.329 e. The minimum atomic E-state index is -1.01. The third-order valence-electron chi connectivity index (χ3n) is 5.04. The summed E-state index contributed by atoms with van der Waals surface area (Å²) >= 11 is 7.06. The zero-order chi connectivity index (χ0) is 23.3. The fraction of sp³-hybridized carbons (Fsp3) is 0.571. The number of carbonyl (C=O) groups excluding carboxylic acids is 3. The van der Waals surface area contributed by atoms with Crippen LogP contribution in [0.1, 0.15) is 44.3 Å². The van der Waals surface area contributed by atoms with Gasteiger partial charge in [-0.25, -0.2) is 9.78 Å². The molecule has 4 bridgehead atoms. The molecule has 0 radical (unpaired) electrons. The van der Waals surface area contributed by atoms with Crippen molar-refractivity contribution >= 4 is 58.6 Å². The summed E-state index contributed by atoms with van der Waals surface area (Å²) < 4.78 is 5.65. The van der Waals surface area contributed by atoms with Gasteiger partial charge in [0.25, 0.3) is 0 Å². The second-order valence-corrected chi connectivity index (χ2v) is 10.6. The van der Waals surface area contributed by atoms with Gasteiger partial charge in [-0.05, 0) is 31.1 Å². The molecular formula is C21H28N4O4S3. The molecule has 0 aliphatic carbocycles. The normalized spacial score (nSPS) is 27.3. The number of nitrogens with zero attached hydrogens (tertiary/aromatic N) is 2. The van der Waals surface area contributed by atoms with E-state index in [1.807, 2.05) is 25.3 Å². The number of ether oxygens (including phenoxy) is 1. The Balaban J connectivity index is 1.92. The van der Waals surface area contributed by atoms with Gasteiger partial charge in [0.05, 0.1) is 13.0 Å². The van der Waals surface area contributed by atoms with Crippen molar-refractivity contribution in [2.45, 2.75) is 57.8 Å². The van der Waals surface area contributed by atoms with Crippen LogP contribution >= 0.6 is 35.7 Å². The van der Waals surface area contributed by atoms with Crippen LogP contribution < -0.4 is 10.6 Å². The van der Waals surface area contributed by atoms with Gasteiger partial charge in [0.1, 0.15) is 33.4 Å². The highest BCUT2D eigenvalue weighted by molar-refractivity contribution is 8.14. The largest absolute Gasteiger partial charge is 0.456 e. The number of thioether (sulfide) groups is 1. The summed E-state index contributed by atoms with van der Waals surface area (Å²) in [6.45, 7) is 5.69. The minimum Gasteiger partial charge on any atom is -0.456 e. The number of rotatable bonds is 4. The van der Waals surface area contributed by atoms with E-state index in [1.165, 1.54) is 23.1 Å². The van der Waals surface area contributed by atoms with E-state index in [0.717, 1.165) is 5.01 Å². The predicted molar refractivity (Wildman–Crippen MR) is 130 cm³/mol. The number of amides is 2. The van der Waals surface area contributed by atoms with Crippen LogP contribution in [-0.4, -0.2) is 57.0 Å². The van der Waals surface area contributed by atoms with E-state index in [9.17, 15) is 14.4 Å². The predicted octanol–water partition coefficient (Wildman–Crippen LogP) is 2.34. The molecule has 2 N–H and O–H groups in total. The highest BCUT2D eigenvalue weighted by atomic mass is 32.2. The lowest BCUT2D eigenvalue weighted by Gasteiger charge is -2.27. The van der Waals surface area contributed by atoms with Crippen molar-refractivity contribution < 1.29 is 19.1 Å². The van der Waals surface area contributed by atoms with Crippen LogP contribution in [-0.2, 0) is 25.7 Å². The van der Waals surface area contributed by atoms with E-state index in [-0.39, 0.29) is 30.7 Å². The maximum absolute atomic E-state index is 13.1. The first-order valence-corrected chi connectivity index (χ1v) is 12.9. The number of hydrogen-bond acceptors (Lipinski definition) is 9. The van der Waals surface area contributed by atoms with Crippen molar-refractivity contribution in [2.24, 2.45) is 10.9 Å². The number of hydrogen-bond donors (Lipinski definition) is 3. The summed E-state index contributed by atoms with van der Waals surface area (Å²) in [5.74, 6) is -0.282. The Morgan fingerprint density at radius 1 is 1.38 bits per heavy atom. The number of nitrogens with one attached hydrogen (secondary N) is 2. The highest BCUT2D eigenvalue weighted by Crippen LogP contribution is 2.32. The summed E-state index contributed by atoms with van der Waals surface area (Å²) in [5.41, 5.74) is -0.311. The summed E-state index contributed by atoms with van der Waals surface area (Å²) in [6.07, 6.45) is 3.44. The summed E-state index contributed by atoms with van der Waals surface area (Å²) in [5, 5.41) is 8.96. The first-order chi connectivity index (χ1) is 15.2. The summed E-state index contributed by atoms with van der Waals surface area (Å²) in [4.78, 5) is 47.8. The van der Waals surface area contributed by atoms with Gasteiger partial charge in [-0.3, -0.25) is 14.6 Å². The van der Waals surface area contributed by atoms with Crippen molar-refractivity contribution in [1.82, 2.24) is 15.6 Å². The molecule has 2 amide bonds. The molecule has 1 aromatic heterocycles. The van der Waals surface area contributed by atoms with Gasteiger partial charge in [-0.1, -0.05) is 19.9 Å². The molecule has 2 aliphatic rings. The summed E-state index contributed by atoms with van der Waals surface area (Å²) in [6, 6.07) is -0.855. The molecule has 32 heavy (non-hydrogen) atoms. The molecule has 0 saturated heterocycles. The number of cyclic esters (lactones) is 1. The lowest BCUT2D eigenvalue weighted by molar-refractivity contribution is -0.153. The number of thiol groups is 1. The van der Waals surface area contributed by atoms with Gasteiger partial charge in [-0.15, -0.1) is 23.1 Å². The first-order valence-electron chi connectivity index (χ1n) is 10.4. The molecular weight excluding hydrogens is 468 g/mol. The molecule has 0 aromatic carbocycles. The number of aliphatic imine (C=N–C) groups is 1. The zero-order valence-electron chi connectivity index (χ0n) is 18.3. The number of thiazole rings is 1. The zero-order valence-corrected chi connectivity index (χ0v) is 20.8. The third kappa shape index (κ3) is 6.14. The Morgan fingerprint density at radius 3 is 2.88 bits per heavy atom. The van der Waals surface area contributed by atoms with Gasteiger partial charge in [-0.2, -0.15) is 12.6 Å². The molecule has 0 saturated carbocycles. The molecule has 3 unspecified atom stereocenters. The lowest BCUT2D eigenvalue weighted by atomic mass is 10.0. The van der Waals surface area contributed by atoms with Crippen LogP contribution in [0.5, 0.6) is 0 Å². The van der Waals surface area contributed by atoms with Crippen LogP contribution in [0, 0.1) is 5.92 Å². The number of esters is 1. The number of allylic oxidation sites excluding steroid dienone is 1. The maximum atomic E-state index is 13.1. The van der Waals surface area contributed by atoms with Crippen LogP contribution in [0.2, 0.25) is 0 Å². The third-order valence-corrected chi connectivity index (χ3v) is 7.43. The second-order valence-electron chi connectivity index (χ2n) is 8.20. The first kappa shape index (κ1) is 24.8. The minimum absolute atomic E-state index is 0.0217. The molecule has 3 heterocycles. The molecule has 8 nitrogen and oxygen atoms in total. The van der Waals surface area contributed by atoms with Crippen molar-refractivity contribution in [3.63, 3.8) is 0 Å².